The van der Waals surface area contributed by atoms with Gasteiger partial charge in [0.2, 0.25) is 5.78 Å². The maximum atomic E-state index is 14.2. The SMILES string of the molecule is C[Si](C)(C)CCOCn1c(C(=O)c2cnn(-c3ccc(Oc4cccc(C#N)c4)cc3Cl)c2N)cc2cc(C(=O)N3CCOCC3)ccc21. The Balaban J connectivity index is 1.30. The van der Waals surface area contributed by atoms with Crippen molar-refractivity contribution in [3.8, 4) is 23.3 Å². The summed E-state index contributed by atoms with van der Waals surface area (Å²) in [5.74, 6) is 0.639. The molecular formula is C36H37ClN6O5Si. The summed E-state index contributed by atoms with van der Waals surface area (Å²) < 4.78 is 20.6. The maximum Gasteiger partial charge on any atom is 0.254 e. The van der Waals surface area contributed by atoms with Crippen LogP contribution in [0.1, 0.15) is 32.0 Å². The third-order valence-corrected chi connectivity index (χ3v) is 10.3. The van der Waals surface area contributed by atoms with Gasteiger partial charge in [-0.15, -0.1) is 0 Å². The fourth-order valence-corrected chi connectivity index (χ4v) is 6.57. The van der Waals surface area contributed by atoms with Gasteiger partial charge in [-0.1, -0.05) is 37.3 Å². The molecule has 0 bridgehead atoms. The Kier molecular flexibility index (Phi) is 9.89. The van der Waals surface area contributed by atoms with E-state index in [2.05, 4.69) is 30.8 Å². The first kappa shape index (κ1) is 33.9. The van der Waals surface area contributed by atoms with Crippen molar-refractivity contribution in [3.05, 3.63) is 100 Å². The number of aromatic nitrogens is 3. The molecule has 0 aliphatic carbocycles. The molecule has 1 aliphatic rings. The van der Waals surface area contributed by atoms with Crippen LogP contribution in [0, 0.1) is 11.3 Å². The summed E-state index contributed by atoms with van der Waals surface area (Å²) in [5.41, 5.74) is 9.35. The molecule has 252 valence electrons. The normalized spacial score (nSPS) is 13.4. The molecular weight excluding hydrogens is 660 g/mol. The van der Waals surface area contributed by atoms with Crippen molar-refractivity contribution in [2.24, 2.45) is 0 Å². The number of fused-ring (bicyclic) bond motifs is 1. The van der Waals surface area contributed by atoms with Gasteiger partial charge in [0.15, 0.2) is 0 Å². The number of morpholine rings is 1. The Labute approximate surface area is 290 Å². The zero-order chi connectivity index (χ0) is 34.7. The van der Waals surface area contributed by atoms with Crippen molar-refractivity contribution in [1.82, 2.24) is 19.2 Å². The lowest BCUT2D eigenvalue weighted by atomic mass is 10.1. The van der Waals surface area contributed by atoms with Crippen molar-refractivity contribution < 1.29 is 23.8 Å². The van der Waals surface area contributed by atoms with Crippen LogP contribution in [0.5, 0.6) is 11.5 Å². The van der Waals surface area contributed by atoms with Gasteiger partial charge in [-0.25, -0.2) is 4.68 Å². The summed E-state index contributed by atoms with van der Waals surface area (Å²) in [6.07, 6.45) is 1.42. The highest BCUT2D eigenvalue weighted by atomic mass is 35.5. The Morgan fingerprint density at radius 2 is 1.82 bits per heavy atom. The number of carbonyl (C=O) groups excluding carboxylic acids is 2. The molecule has 2 N–H and O–H groups in total. The predicted molar refractivity (Wildman–Crippen MR) is 190 cm³/mol. The quantitative estimate of drug-likeness (QED) is 0.0911. The summed E-state index contributed by atoms with van der Waals surface area (Å²) in [6.45, 7) is 9.66. The fourth-order valence-electron chi connectivity index (χ4n) is 5.57. The number of ether oxygens (including phenoxy) is 3. The largest absolute Gasteiger partial charge is 0.457 e. The molecule has 1 saturated heterocycles. The van der Waals surface area contributed by atoms with Crippen LogP contribution in [0.2, 0.25) is 30.7 Å². The van der Waals surface area contributed by atoms with Gasteiger partial charge in [0, 0.05) is 44.8 Å². The van der Waals surface area contributed by atoms with Gasteiger partial charge < -0.3 is 29.4 Å². The van der Waals surface area contributed by atoms with Crippen molar-refractivity contribution in [3.63, 3.8) is 0 Å². The van der Waals surface area contributed by atoms with Crippen LogP contribution in [0.4, 0.5) is 5.82 Å². The van der Waals surface area contributed by atoms with Gasteiger partial charge in [-0.2, -0.15) is 10.4 Å². The number of ketones is 1. The number of hydrogen-bond donors (Lipinski definition) is 1. The standard InChI is InChI=1S/C36H37ClN6O5Si/c1-49(2,3)16-15-47-23-42-31-9-7-25(36(45)41-11-13-46-14-12-41)18-26(31)19-33(42)34(44)29-22-40-43(35(29)39)32-10-8-28(20-30(32)37)48-27-6-4-5-24(17-27)21-38/h4-10,17-20,22H,11-16,23,39H2,1-3H3. The third kappa shape index (κ3) is 7.55. The highest BCUT2D eigenvalue weighted by Crippen LogP contribution is 2.32. The van der Waals surface area contributed by atoms with E-state index in [0.29, 0.717) is 71.9 Å². The monoisotopic (exact) mass is 696 g/mol. The number of halogens is 1. The van der Waals surface area contributed by atoms with E-state index < -0.39 is 8.07 Å². The molecule has 1 fully saturated rings. The molecule has 2 aromatic heterocycles. The number of nitriles is 1. The number of nitrogens with zero attached hydrogens (tertiary/aromatic N) is 5. The molecule has 3 heterocycles. The summed E-state index contributed by atoms with van der Waals surface area (Å²) in [7, 11) is -1.34. The second-order valence-electron chi connectivity index (χ2n) is 13.0. The summed E-state index contributed by atoms with van der Waals surface area (Å²) in [4.78, 5) is 29.2. The van der Waals surface area contributed by atoms with Crippen LogP contribution in [0.3, 0.4) is 0 Å². The summed E-state index contributed by atoms with van der Waals surface area (Å²) in [6, 6.07) is 22.1. The van der Waals surface area contributed by atoms with E-state index in [1.165, 1.54) is 10.9 Å². The highest BCUT2D eigenvalue weighted by Gasteiger charge is 2.25. The molecule has 1 amide bonds. The van der Waals surface area contributed by atoms with Crippen LogP contribution in [0.25, 0.3) is 16.6 Å². The van der Waals surface area contributed by atoms with Gasteiger partial charge in [0.05, 0.1) is 58.5 Å². The van der Waals surface area contributed by atoms with Crippen molar-refractivity contribution >= 4 is 48.1 Å². The minimum atomic E-state index is -1.34. The van der Waals surface area contributed by atoms with Crippen LogP contribution in [-0.2, 0) is 16.2 Å². The smallest absolute Gasteiger partial charge is 0.254 e. The first-order valence-corrected chi connectivity index (χ1v) is 20.0. The summed E-state index contributed by atoms with van der Waals surface area (Å²) >= 11 is 6.66. The number of nitrogen functional groups attached to an aromatic ring is 1. The Hall–Kier alpha value is -4.93. The van der Waals surface area contributed by atoms with Crippen molar-refractivity contribution in [2.75, 3.05) is 38.6 Å². The Bertz CT molecular complexity index is 2070. The number of hydrogen-bond acceptors (Lipinski definition) is 8. The lowest BCUT2D eigenvalue weighted by Crippen LogP contribution is -2.40. The van der Waals surface area contributed by atoms with Crippen LogP contribution >= 0.6 is 11.6 Å². The average Bonchev–Trinajstić information content (AvgIpc) is 3.66. The topological polar surface area (TPSA) is 138 Å². The van der Waals surface area contributed by atoms with Crippen molar-refractivity contribution in [2.45, 2.75) is 32.4 Å². The minimum Gasteiger partial charge on any atom is -0.457 e. The number of anilines is 1. The van der Waals surface area contributed by atoms with Crippen molar-refractivity contribution in [1.29, 1.82) is 5.26 Å². The number of nitrogens with two attached hydrogens (primary N) is 1. The molecule has 13 heteroatoms. The van der Waals surface area contributed by atoms with Gasteiger partial charge in [-0.05, 0) is 60.6 Å². The number of amides is 1. The Morgan fingerprint density at radius 1 is 1.04 bits per heavy atom. The third-order valence-electron chi connectivity index (χ3n) is 8.29. The second-order valence-corrected chi connectivity index (χ2v) is 19.1. The zero-order valence-electron chi connectivity index (χ0n) is 27.6. The number of carbonyl (C=O) groups is 2. The van der Waals surface area contributed by atoms with E-state index in [0.717, 1.165) is 16.9 Å². The molecule has 11 nitrogen and oxygen atoms in total. The fraction of sp³-hybridized carbons (Fsp3) is 0.278. The molecule has 6 rings (SSSR count). The van der Waals surface area contributed by atoms with Crippen LogP contribution in [0.15, 0.2) is 72.9 Å². The summed E-state index contributed by atoms with van der Waals surface area (Å²) in [5, 5.41) is 14.6. The first-order valence-electron chi connectivity index (χ1n) is 16.0. The van der Waals surface area contributed by atoms with E-state index in [9.17, 15) is 14.9 Å². The number of benzene rings is 3. The minimum absolute atomic E-state index is 0.0771. The zero-order valence-corrected chi connectivity index (χ0v) is 29.4. The molecule has 0 saturated carbocycles. The van der Waals surface area contributed by atoms with Gasteiger partial charge in [0.25, 0.3) is 5.91 Å². The molecule has 0 spiro atoms. The molecule has 0 unspecified atom stereocenters. The first-order chi connectivity index (χ1) is 23.5. The van der Waals surface area contributed by atoms with E-state index in [4.69, 9.17) is 31.5 Å². The molecule has 5 aromatic rings. The van der Waals surface area contributed by atoms with E-state index in [-0.39, 0.29) is 29.8 Å². The van der Waals surface area contributed by atoms with Gasteiger partial charge in [-0.3, -0.25) is 9.59 Å². The van der Waals surface area contributed by atoms with Crippen LogP contribution in [-0.4, -0.2) is 71.9 Å². The second kappa shape index (κ2) is 14.3. The average molecular weight is 697 g/mol. The van der Waals surface area contributed by atoms with Gasteiger partial charge in [0.1, 0.15) is 24.0 Å². The lowest BCUT2D eigenvalue weighted by molar-refractivity contribution is 0.0303. The highest BCUT2D eigenvalue weighted by molar-refractivity contribution is 6.76. The molecule has 0 atom stereocenters. The van der Waals surface area contributed by atoms with E-state index in [1.807, 2.05) is 16.7 Å². The molecule has 3 aromatic carbocycles. The molecule has 0 radical (unpaired) electrons. The predicted octanol–water partition coefficient (Wildman–Crippen LogP) is 6.74. The molecule has 49 heavy (non-hydrogen) atoms. The molecule has 1 aliphatic heterocycles. The van der Waals surface area contributed by atoms with E-state index >= 15 is 0 Å². The Morgan fingerprint density at radius 3 is 2.55 bits per heavy atom. The van der Waals surface area contributed by atoms with E-state index in [1.54, 1.807) is 59.5 Å². The van der Waals surface area contributed by atoms with Crippen LogP contribution < -0.4 is 10.5 Å². The lowest BCUT2D eigenvalue weighted by Gasteiger charge is -2.26. The van der Waals surface area contributed by atoms with Gasteiger partial charge >= 0.3 is 0 Å². The maximum absolute atomic E-state index is 14.2. The number of rotatable bonds is 11.